The highest BCUT2D eigenvalue weighted by Gasteiger charge is 2.42. The fourth-order valence-corrected chi connectivity index (χ4v) is 14.2. The number of fused-ring (bicyclic) bond motifs is 9. The quantitative estimate of drug-likeness (QED) is 0.0831. The zero-order valence-electron chi connectivity index (χ0n) is 37.0. The number of aromatic nitrogens is 1. The Bertz CT molecular complexity index is 3000. The summed E-state index contributed by atoms with van der Waals surface area (Å²) in [5.74, 6) is 0. The van der Waals surface area contributed by atoms with Crippen molar-refractivity contribution < 1.29 is 0 Å². The van der Waals surface area contributed by atoms with Crippen molar-refractivity contribution >= 4 is 73.8 Å². The van der Waals surface area contributed by atoms with Gasteiger partial charge in [0.05, 0.1) is 19.6 Å². The van der Waals surface area contributed by atoms with Crippen LogP contribution in [0.2, 0.25) is 0 Å². The second-order valence-electron chi connectivity index (χ2n) is 18.3. The van der Waals surface area contributed by atoms with Gasteiger partial charge >= 0.3 is 0 Å². The highest BCUT2D eigenvalue weighted by molar-refractivity contribution is 7.36. The summed E-state index contributed by atoms with van der Waals surface area (Å²) >= 11 is 5.69. The molecule has 1 aliphatic rings. The molecule has 314 valence electrons. The molecule has 0 bridgehead atoms. The second-order valence-corrected chi connectivity index (χ2v) is 21.4. The topological polar surface area (TPSA) is 12.9 Å². The standard InChI is InChI=1S/C58H59NS3/c1-5-7-9-11-13-17-29-58(30-18-14-12-10-8-6-2)49-31-38(3)21-25-45(49)46-27-23-40(36-50(46)58)42-33-43(35-44(34-42)57-59-51-19-15-16-20-52(51)62-57)41-24-28-48-54(37-41)61-55-47-26-22-39(4)32-53(47)60-56(48)55/h15-16,19-28,31-37H,5-14,17-18,29-30H2,1-4H3. The Morgan fingerprint density at radius 1 is 0.435 bits per heavy atom. The summed E-state index contributed by atoms with van der Waals surface area (Å²) < 4.78 is 6.82. The number of benzene rings is 6. The van der Waals surface area contributed by atoms with Crippen LogP contribution in [0.4, 0.5) is 0 Å². The predicted octanol–water partition coefficient (Wildman–Crippen LogP) is 19.3. The summed E-state index contributed by atoms with van der Waals surface area (Å²) in [7, 11) is 0. The summed E-state index contributed by atoms with van der Waals surface area (Å²) in [5, 5.41) is 3.84. The SMILES string of the molecule is CCCCCCCCC1(CCCCCCCC)c2cc(C)ccc2-c2ccc(-c3cc(-c4ccc5c(c4)sc4c6ccc(C)cc6sc54)cc(-c4nc5ccccc5s4)c3)cc21. The second kappa shape index (κ2) is 17.9. The van der Waals surface area contributed by atoms with Crippen LogP contribution in [-0.4, -0.2) is 4.98 Å². The van der Waals surface area contributed by atoms with Crippen molar-refractivity contribution in [2.45, 2.75) is 123 Å². The maximum absolute atomic E-state index is 5.22. The zero-order valence-corrected chi connectivity index (χ0v) is 39.5. The van der Waals surface area contributed by atoms with Crippen molar-refractivity contribution in [3.8, 4) is 44.0 Å². The number of para-hydroxylation sites is 1. The van der Waals surface area contributed by atoms with E-state index in [2.05, 4.69) is 143 Å². The van der Waals surface area contributed by atoms with Crippen LogP contribution >= 0.6 is 34.0 Å². The Morgan fingerprint density at radius 2 is 0.968 bits per heavy atom. The average molecular weight is 866 g/mol. The van der Waals surface area contributed by atoms with E-state index in [-0.39, 0.29) is 5.41 Å². The van der Waals surface area contributed by atoms with Crippen molar-refractivity contribution in [3.63, 3.8) is 0 Å². The molecule has 6 aromatic carbocycles. The van der Waals surface area contributed by atoms with Crippen molar-refractivity contribution in [3.05, 3.63) is 138 Å². The monoisotopic (exact) mass is 865 g/mol. The first-order valence-electron chi connectivity index (χ1n) is 23.6. The first-order valence-corrected chi connectivity index (χ1v) is 26.0. The summed E-state index contributed by atoms with van der Waals surface area (Å²) in [4.78, 5) is 5.22. The first kappa shape index (κ1) is 41.4. The molecule has 0 atom stereocenters. The largest absolute Gasteiger partial charge is 0.236 e. The molecule has 1 nitrogen and oxygen atoms in total. The maximum atomic E-state index is 5.22. The first-order chi connectivity index (χ1) is 30.4. The zero-order chi connectivity index (χ0) is 42.2. The number of hydrogen-bond acceptors (Lipinski definition) is 4. The molecule has 0 fully saturated rings. The van der Waals surface area contributed by atoms with E-state index in [0.29, 0.717) is 0 Å². The van der Waals surface area contributed by atoms with Gasteiger partial charge in [0.15, 0.2) is 0 Å². The van der Waals surface area contributed by atoms with E-state index in [1.165, 1.54) is 174 Å². The van der Waals surface area contributed by atoms with Gasteiger partial charge in [-0.2, -0.15) is 0 Å². The van der Waals surface area contributed by atoms with E-state index in [9.17, 15) is 0 Å². The molecule has 0 saturated carbocycles. The minimum atomic E-state index is 0.0373. The summed E-state index contributed by atoms with van der Waals surface area (Å²) in [6, 6.07) is 44.8. The molecule has 4 heteroatoms. The smallest absolute Gasteiger partial charge is 0.124 e. The molecular formula is C58H59NS3. The molecule has 0 amide bonds. The Hall–Kier alpha value is -4.61. The summed E-state index contributed by atoms with van der Waals surface area (Å²) in [6.45, 7) is 9.14. The van der Waals surface area contributed by atoms with Crippen molar-refractivity contribution in [1.82, 2.24) is 4.98 Å². The van der Waals surface area contributed by atoms with Crippen LogP contribution < -0.4 is 0 Å². The lowest BCUT2D eigenvalue weighted by Gasteiger charge is -2.33. The van der Waals surface area contributed by atoms with Crippen molar-refractivity contribution in [2.75, 3.05) is 0 Å². The summed E-state index contributed by atoms with van der Waals surface area (Å²) in [6.07, 6.45) is 18.4. The molecule has 0 unspecified atom stereocenters. The Balaban J connectivity index is 1.09. The fraction of sp³-hybridized carbons (Fsp3) is 0.328. The minimum Gasteiger partial charge on any atom is -0.236 e. The fourth-order valence-electron chi connectivity index (χ4n) is 10.5. The van der Waals surface area contributed by atoms with Crippen LogP contribution in [-0.2, 0) is 5.41 Å². The van der Waals surface area contributed by atoms with E-state index in [4.69, 9.17) is 4.98 Å². The third-order valence-electron chi connectivity index (χ3n) is 13.8. The Morgan fingerprint density at radius 3 is 1.66 bits per heavy atom. The normalized spacial score (nSPS) is 13.2. The molecule has 9 aromatic rings. The number of thiophene rings is 2. The van der Waals surface area contributed by atoms with Crippen LogP contribution in [0.3, 0.4) is 0 Å². The maximum Gasteiger partial charge on any atom is 0.124 e. The third-order valence-corrected chi connectivity index (χ3v) is 17.4. The van der Waals surface area contributed by atoms with Crippen molar-refractivity contribution in [1.29, 1.82) is 0 Å². The molecule has 0 N–H and O–H groups in total. The van der Waals surface area contributed by atoms with Gasteiger partial charge in [-0.05, 0) is 125 Å². The van der Waals surface area contributed by atoms with Gasteiger partial charge in [-0.3, -0.25) is 0 Å². The lowest BCUT2D eigenvalue weighted by Crippen LogP contribution is -2.25. The highest BCUT2D eigenvalue weighted by atomic mass is 32.1. The molecular weight excluding hydrogens is 807 g/mol. The van der Waals surface area contributed by atoms with Crippen LogP contribution in [0.1, 0.15) is 126 Å². The van der Waals surface area contributed by atoms with Crippen LogP contribution in [0.25, 0.3) is 83.7 Å². The van der Waals surface area contributed by atoms with E-state index in [1.807, 2.05) is 22.7 Å². The molecule has 0 radical (unpaired) electrons. The number of aryl methyl sites for hydroxylation is 2. The molecule has 3 heterocycles. The van der Waals surface area contributed by atoms with Crippen molar-refractivity contribution in [2.24, 2.45) is 0 Å². The van der Waals surface area contributed by atoms with Gasteiger partial charge in [0, 0.05) is 31.2 Å². The van der Waals surface area contributed by atoms with Gasteiger partial charge in [-0.25, -0.2) is 4.98 Å². The summed E-state index contributed by atoms with van der Waals surface area (Å²) in [5.41, 5.74) is 16.2. The van der Waals surface area contributed by atoms with Gasteiger partial charge in [0.1, 0.15) is 5.01 Å². The molecule has 0 saturated heterocycles. The molecule has 3 aromatic heterocycles. The number of rotatable bonds is 17. The minimum absolute atomic E-state index is 0.0373. The Labute approximate surface area is 380 Å². The molecule has 0 aliphatic heterocycles. The molecule has 62 heavy (non-hydrogen) atoms. The number of hydrogen-bond donors (Lipinski definition) is 0. The number of unbranched alkanes of at least 4 members (excludes halogenated alkanes) is 10. The lowest BCUT2D eigenvalue weighted by atomic mass is 9.70. The number of nitrogens with zero attached hydrogens (tertiary/aromatic N) is 1. The van der Waals surface area contributed by atoms with E-state index in [1.54, 1.807) is 22.5 Å². The van der Waals surface area contributed by atoms with Crippen LogP contribution in [0.5, 0.6) is 0 Å². The Kier molecular flexibility index (Phi) is 11.9. The van der Waals surface area contributed by atoms with Gasteiger partial charge in [0.25, 0.3) is 0 Å². The highest BCUT2D eigenvalue weighted by Crippen LogP contribution is 2.55. The van der Waals surface area contributed by atoms with Crippen LogP contribution in [0, 0.1) is 13.8 Å². The third kappa shape index (κ3) is 7.86. The van der Waals surface area contributed by atoms with Gasteiger partial charge in [0.2, 0.25) is 0 Å². The van der Waals surface area contributed by atoms with E-state index >= 15 is 0 Å². The van der Waals surface area contributed by atoms with Gasteiger partial charge in [-0.15, -0.1) is 34.0 Å². The van der Waals surface area contributed by atoms with E-state index < -0.39 is 0 Å². The number of thiazole rings is 1. The van der Waals surface area contributed by atoms with Crippen LogP contribution in [0.15, 0.2) is 115 Å². The molecule has 10 rings (SSSR count). The lowest BCUT2D eigenvalue weighted by molar-refractivity contribution is 0.398. The van der Waals surface area contributed by atoms with Gasteiger partial charge in [-0.1, -0.05) is 163 Å². The average Bonchev–Trinajstić information content (AvgIpc) is 4.04. The molecule has 1 aliphatic carbocycles. The van der Waals surface area contributed by atoms with E-state index in [0.717, 1.165) is 10.5 Å². The predicted molar refractivity (Wildman–Crippen MR) is 276 cm³/mol. The van der Waals surface area contributed by atoms with Gasteiger partial charge < -0.3 is 0 Å². The molecule has 0 spiro atoms.